The molecule has 0 bridgehead atoms. The summed E-state index contributed by atoms with van der Waals surface area (Å²) in [5.74, 6) is 1.03. The van der Waals surface area contributed by atoms with E-state index in [0.717, 1.165) is 40.8 Å². The quantitative estimate of drug-likeness (QED) is 0.216. The molecule has 3 aromatic carbocycles. The summed E-state index contributed by atoms with van der Waals surface area (Å²) < 4.78 is 26.8. The zero-order valence-corrected chi connectivity index (χ0v) is 21.2. The van der Waals surface area contributed by atoms with E-state index >= 15 is 0 Å². The number of nitrogens with two attached hydrogens (primary N) is 1. The van der Waals surface area contributed by atoms with Gasteiger partial charge in [-0.15, -0.1) is 0 Å². The van der Waals surface area contributed by atoms with Crippen LogP contribution in [0.5, 0.6) is 5.75 Å². The molecule has 1 saturated carbocycles. The van der Waals surface area contributed by atoms with Crippen LogP contribution in [0, 0.1) is 5.82 Å². The highest BCUT2D eigenvalue weighted by molar-refractivity contribution is 6.02. The Balaban J connectivity index is 1.21. The van der Waals surface area contributed by atoms with Crippen molar-refractivity contribution in [2.24, 2.45) is 0 Å². The van der Waals surface area contributed by atoms with Gasteiger partial charge in [-0.05, 0) is 61.7 Å². The van der Waals surface area contributed by atoms with Gasteiger partial charge in [0.15, 0.2) is 5.82 Å². The normalized spacial score (nSPS) is 13.8. The molecular weight excluding hydrogens is 499 g/mol. The first-order chi connectivity index (χ1) is 19.0. The fraction of sp³-hybridized carbons (Fsp3) is 0.207. The van der Waals surface area contributed by atoms with Gasteiger partial charge >= 0.3 is 6.09 Å². The van der Waals surface area contributed by atoms with E-state index in [2.05, 4.69) is 25.1 Å². The van der Waals surface area contributed by atoms with Crippen molar-refractivity contribution in [3.63, 3.8) is 0 Å². The van der Waals surface area contributed by atoms with E-state index in [1.54, 1.807) is 19.1 Å². The summed E-state index contributed by atoms with van der Waals surface area (Å²) >= 11 is 0. The Kier molecular flexibility index (Phi) is 6.36. The molecule has 2 heterocycles. The first kappa shape index (κ1) is 24.5. The van der Waals surface area contributed by atoms with E-state index in [0.29, 0.717) is 28.8 Å². The van der Waals surface area contributed by atoms with Crippen LogP contribution in [0.1, 0.15) is 43.3 Å². The minimum absolute atomic E-state index is 0.289. The Morgan fingerprint density at radius 2 is 1.92 bits per heavy atom. The molecule has 5 aromatic rings. The standard InChI is InChI=1S/C29H27FN6O3/c1-17(18-2-6-20(30)7-3-18)39-29(37)34-21-8-4-19(5-9-21)28-27(31)24-13-12-23(38-15-26-32-16-33-35-26)14-25(24)36(28)22-10-11-22/h2-9,12-14,16-17,22H,10-11,15,31H2,1H3,(H,34,37)(H,32,33,35). The van der Waals surface area contributed by atoms with E-state index in [-0.39, 0.29) is 12.4 Å². The van der Waals surface area contributed by atoms with Gasteiger partial charge in [-0.25, -0.2) is 14.2 Å². The molecule has 1 atom stereocenters. The van der Waals surface area contributed by atoms with E-state index in [9.17, 15) is 9.18 Å². The number of fused-ring (bicyclic) bond motifs is 1. The number of anilines is 2. The first-order valence-electron chi connectivity index (χ1n) is 12.7. The summed E-state index contributed by atoms with van der Waals surface area (Å²) in [6.07, 6.45) is 2.49. The SMILES string of the molecule is CC(OC(=O)Nc1ccc(-c2c(N)c3ccc(OCc4ncn[nH]4)cc3n2C2CC2)cc1)c1ccc(F)cc1. The number of amides is 1. The molecule has 1 aliphatic carbocycles. The number of carbonyl (C=O) groups is 1. The van der Waals surface area contributed by atoms with Crippen molar-refractivity contribution < 1.29 is 18.7 Å². The second-order valence-corrected chi connectivity index (χ2v) is 9.56. The Bertz CT molecular complexity index is 1610. The maximum Gasteiger partial charge on any atom is 0.412 e. The molecule has 1 amide bonds. The van der Waals surface area contributed by atoms with E-state index in [1.165, 1.54) is 18.5 Å². The molecule has 1 unspecified atom stereocenters. The largest absolute Gasteiger partial charge is 0.486 e. The van der Waals surface area contributed by atoms with Gasteiger partial charge in [0.05, 0.1) is 16.9 Å². The summed E-state index contributed by atoms with van der Waals surface area (Å²) in [6, 6.07) is 19.6. The molecule has 4 N–H and O–H groups in total. The second-order valence-electron chi connectivity index (χ2n) is 9.56. The van der Waals surface area contributed by atoms with Crippen LogP contribution >= 0.6 is 0 Å². The van der Waals surface area contributed by atoms with Crippen molar-refractivity contribution in [3.8, 4) is 17.0 Å². The molecule has 1 aliphatic rings. The highest BCUT2D eigenvalue weighted by Gasteiger charge is 2.30. The Morgan fingerprint density at radius 1 is 1.15 bits per heavy atom. The molecular formula is C29H27FN6O3. The number of nitrogens with one attached hydrogen (secondary N) is 2. The molecule has 0 saturated heterocycles. The number of rotatable bonds is 8. The number of nitrogen functional groups attached to an aromatic ring is 1. The van der Waals surface area contributed by atoms with Crippen molar-refractivity contribution in [1.29, 1.82) is 0 Å². The molecule has 39 heavy (non-hydrogen) atoms. The third-order valence-corrected chi connectivity index (χ3v) is 6.80. The number of halogens is 1. The number of hydrogen-bond donors (Lipinski definition) is 3. The van der Waals surface area contributed by atoms with Crippen molar-refractivity contribution >= 4 is 28.4 Å². The molecule has 0 radical (unpaired) electrons. The van der Waals surface area contributed by atoms with Crippen LogP contribution in [-0.2, 0) is 11.3 Å². The topological polar surface area (TPSA) is 120 Å². The number of H-pyrrole nitrogens is 1. The number of nitrogens with zero attached hydrogens (tertiary/aromatic N) is 3. The lowest BCUT2D eigenvalue weighted by Crippen LogP contribution is -2.16. The van der Waals surface area contributed by atoms with Gasteiger partial charge in [0.1, 0.15) is 30.6 Å². The fourth-order valence-corrected chi connectivity index (χ4v) is 4.69. The summed E-state index contributed by atoms with van der Waals surface area (Å²) in [4.78, 5) is 16.5. The zero-order chi connectivity index (χ0) is 26.9. The zero-order valence-electron chi connectivity index (χ0n) is 21.2. The molecule has 198 valence electrons. The lowest BCUT2D eigenvalue weighted by molar-refractivity contribution is 0.121. The lowest BCUT2D eigenvalue weighted by Gasteiger charge is -2.15. The maximum absolute atomic E-state index is 13.2. The number of hydrogen-bond acceptors (Lipinski definition) is 6. The monoisotopic (exact) mass is 526 g/mol. The third-order valence-electron chi connectivity index (χ3n) is 6.80. The second kappa shape index (κ2) is 10.1. The lowest BCUT2D eigenvalue weighted by atomic mass is 10.1. The minimum atomic E-state index is -0.593. The molecule has 10 heteroatoms. The van der Waals surface area contributed by atoms with Gasteiger partial charge < -0.3 is 19.8 Å². The van der Waals surface area contributed by atoms with Gasteiger partial charge in [0.2, 0.25) is 0 Å². The van der Waals surface area contributed by atoms with Crippen LogP contribution in [0.2, 0.25) is 0 Å². The average molecular weight is 527 g/mol. The van der Waals surface area contributed by atoms with Crippen molar-refractivity contribution in [1.82, 2.24) is 19.7 Å². The number of aromatic nitrogens is 4. The Labute approximate surface area is 223 Å². The van der Waals surface area contributed by atoms with Crippen LogP contribution < -0.4 is 15.8 Å². The molecule has 6 rings (SSSR count). The number of benzene rings is 3. The van der Waals surface area contributed by atoms with E-state index < -0.39 is 12.2 Å². The van der Waals surface area contributed by atoms with Gasteiger partial charge in [-0.1, -0.05) is 24.3 Å². The van der Waals surface area contributed by atoms with Crippen LogP contribution in [0.15, 0.2) is 73.1 Å². The van der Waals surface area contributed by atoms with Crippen LogP contribution in [0.4, 0.5) is 20.6 Å². The van der Waals surface area contributed by atoms with Gasteiger partial charge in [0.25, 0.3) is 0 Å². The van der Waals surface area contributed by atoms with Crippen molar-refractivity contribution in [2.45, 2.75) is 38.5 Å². The highest BCUT2D eigenvalue weighted by atomic mass is 19.1. The highest BCUT2D eigenvalue weighted by Crippen LogP contribution is 2.46. The van der Waals surface area contributed by atoms with Crippen molar-refractivity contribution in [3.05, 3.63) is 90.3 Å². The first-order valence-corrected chi connectivity index (χ1v) is 12.7. The van der Waals surface area contributed by atoms with Gasteiger partial charge in [-0.2, -0.15) is 5.10 Å². The van der Waals surface area contributed by atoms with Crippen LogP contribution in [-0.4, -0.2) is 25.8 Å². The maximum atomic E-state index is 13.2. The molecule has 0 aliphatic heterocycles. The number of ether oxygens (including phenoxy) is 2. The van der Waals surface area contributed by atoms with E-state index in [1.807, 2.05) is 42.5 Å². The van der Waals surface area contributed by atoms with Crippen LogP contribution in [0.3, 0.4) is 0 Å². The molecule has 9 nitrogen and oxygen atoms in total. The summed E-state index contributed by atoms with van der Waals surface area (Å²) in [6.45, 7) is 2.03. The smallest absolute Gasteiger partial charge is 0.412 e. The molecule has 1 fully saturated rings. The van der Waals surface area contributed by atoms with Gasteiger partial charge in [-0.3, -0.25) is 10.4 Å². The average Bonchev–Trinajstić information content (AvgIpc) is 3.55. The van der Waals surface area contributed by atoms with Gasteiger partial charge in [0, 0.05) is 28.7 Å². The Morgan fingerprint density at radius 3 is 2.62 bits per heavy atom. The fourth-order valence-electron chi connectivity index (χ4n) is 4.69. The summed E-state index contributed by atoms with van der Waals surface area (Å²) in [5, 5.41) is 10.4. The summed E-state index contributed by atoms with van der Waals surface area (Å²) in [7, 11) is 0. The predicted octanol–water partition coefficient (Wildman–Crippen LogP) is 6.37. The van der Waals surface area contributed by atoms with Crippen LogP contribution in [0.25, 0.3) is 22.2 Å². The molecule has 2 aromatic heterocycles. The summed E-state index contributed by atoms with van der Waals surface area (Å²) in [5.41, 5.74) is 11.6. The predicted molar refractivity (Wildman–Crippen MR) is 146 cm³/mol. The minimum Gasteiger partial charge on any atom is -0.486 e. The van der Waals surface area contributed by atoms with Crippen molar-refractivity contribution in [2.75, 3.05) is 11.1 Å². The molecule has 0 spiro atoms. The number of carbonyl (C=O) groups excluding carboxylic acids is 1. The van der Waals surface area contributed by atoms with E-state index in [4.69, 9.17) is 15.2 Å². The Hall–Kier alpha value is -4.86. The number of aromatic amines is 1. The third kappa shape index (κ3) is 5.13.